The van der Waals surface area contributed by atoms with Gasteiger partial charge in [-0.05, 0) is 13.3 Å². The van der Waals surface area contributed by atoms with Crippen molar-refractivity contribution in [1.82, 2.24) is 5.32 Å². The van der Waals surface area contributed by atoms with E-state index in [4.69, 9.17) is 5.11 Å². The molecule has 0 aliphatic heterocycles. The number of amides is 1. The first-order valence-electron chi connectivity index (χ1n) is 3.61. The lowest BCUT2D eigenvalue weighted by molar-refractivity contribution is -0.122. The zero-order chi connectivity index (χ0) is 7.98. The number of carbonyl (C=O) groups is 1. The number of rotatable bonds is 4. The summed E-state index contributed by atoms with van der Waals surface area (Å²) in [5.74, 6) is 0.0176. The molecule has 3 heteroatoms. The summed E-state index contributed by atoms with van der Waals surface area (Å²) in [5.41, 5.74) is 0. The number of aliphatic hydroxyl groups is 1. The second-order valence-corrected chi connectivity index (χ2v) is 2.40. The Morgan fingerprint density at radius 1 is 1.70 bits per heavy atom. The van der Waals surface area contributed by atoms with Crippen LogP contribution in [-0.2, 0) is 4.79 Å². The highest BCUT2D eigenvalue weighted by atomic mass is 16.3. The lowest BCUT2D eigenvalue weighted by atomic mass is 10.3. The van der Waals surface area contributed by atoms with Crippen LogP contribution in [0.2, 0.25) is 0 Å². The highest BCUT2D eigenvalue weighted by Gasteiger charge is 2.03. The maximum absolute atomic E-state index is 10.8. The summed E-state index contributed by atoms with van der Waals surface area (Å²) in [6, 6.07) is -0.112. The van der Waals surface area contributed by atoms with E-state index in [9.17, 15) is 4.79 Å². The molecular weight excluding hydrogens is 130 g/mol. The van der Waals surface area contributed by atoms with Gasteiger partial charge >= 0.3 is 0 Å². The van der Waals surface area contributed by atoms with Gasteiger partial charge in [0.2, 0.25) is 5.91 Å². The predicted molar refractivity (Wildman–Crippen MR) is 39.6 cm³/mol. The molecule has 0 aliphatic carbocycles. The summed E-state index contributed by atoms with van der Waals surface area (Å²) >= 11 is 0. The monoisotopic (exact) mass is 145 g/mol. The van der Waals surface area contributed by atoms with Crippen molar-refractivity contribution >= 4 is 5.91 Å². The Labute approximate surface area is 61.4 Å². The first-order chi connectivity index (χ1) is 4.70. The van der Waals surface area contributed by atoms with Gasteiger partial charge in [-0.2, -0.15) is 0 Å². The number of nitrogens with one attached hydrogen (secondary N) is 1. The molecule has 1 atom stereocenters. The van der Waals surface area contributed by atoms with E-state index in [-0.39, 0.29) is 18.6 Å². The van der Waals surface area contributed by atoms with Gasteiger partial charge in [0.25, 0.3) is 0 Å². The van der Waals surface area contributed by atoms with Gasteiger partial charge in [-0.1, -0.05) is 6.92 Å². The molecule has 0 bridgehead atoms. The van der Waals surface area contributed by atoms with Crippen LogP contribution in [-0.4, -0.2) is 23.7 Å². The van der Waals surface area contributed by atoms with Crippen molar-refractivity contribution in [3.05, 3.63) is 0 Å². The lowest BCUT2D eigenvalue weighted by Gasteiger charge is -2.09. The quantitative estimate of drug-likeness (QED) is 0.597. The van der Waals surface area contributed by atoms with E-state index in [0.29, 0.717) is 6.42 Å². The molecule has 2 N–H and O–H groups in total. The van der Waals surface area contributed by atoms with E-state index >= 15 is 0 Å². The molecular formula is C7H15NO2. The maximum Gasteiger partial charge on any atom is 0.220 e. The van der Waals surface area contributed by atoms with Crippen molar-refractivity contribution in [2.24, 2.45) is 0 Å². The van der Waals surface area contributed by atoms with Gasteiger partial charge in [0.1, 0.15) is 0 Å². The van der Waals surface area contributed by atoms with E-state index in [0.717, 1.165) is 6.42 Å². The fraction of sp³-hybridized carbons (Fsp3) is 0.857. The van der Waals surface area contributed by atoms with Crippen LogP contribution in [0.3, 0.4) is 0 Å². The average molecular weight is 145 g/mol. The Bertz CT molecular complexity index is 104. The molecule has 1 amide bonds. The zero-order valence-corrected chi connectivity index (χ0v) is 6.55. The first-order valence-corrected chi connectivity index (χ1v) is 3.61. The van der Waals surface area contributed by atoms with Crippen LogP contribution < -0.4 is 5.32 Å². The molecule has 0 heterocycles. The molecule has 0 saturated carbocycles. The van der Waals surface area contributed by atoms with Gasteiger partial charge in [0.05, 0.1) is 6.61 Å². The van der Waals surface area contributed by atoms with Crippen LogP contribution in [0.4, 0.5) is 0 Å². The minimum Gasteiger partial charge on any atom is -0.394 e. The molecule has 0 aromatic carbocycles. The van der Waals surface area contributed by atoms with Crippen LogP contribution in [0.15, 0.2) is 0 Å². The van der Waals surface area contributed by atoms with Crippen LogP contribution in [0.1, 0.15) is 26.7 Å². The SMILES string of the molecule is CCCC(=O)N[C@@H](C)CO. The van der Waals surface area contributed by atoms with Crippen molar-refractivity contribution in [2.75, 3.05) is 6.61 Å². The highest BCUT2D eigenvalue weighted by Crippen LogP contribution is 1.87. The molecule has 0 aliphatic rings. The summed E-state index contributed by atoms with van der Waals surface area (Å²) < 4.78 is 0. The minimum atomic E-state index is -0.112. The number of carbonyl (C=O) groups excluding carboxylic acids is 1. The van der Waals surface area contributed by atoms with Gasteiger partial charge in [0.15, 0.2) is 0 Å². The van der Waals surface area contributed by atoms with E-state index in [1.807, 2.05) is 6.92 Å². The van der Waals surface area contributed by atoms with Crippen LogP contribution in [0.25, 0.3) is 0 Å². The minimum absolute atomic E-state index is 0.00938. The van der Waals surface area contributed by atoms with Crippen LogP contribution in [0.5, 0.6) is 0 Å². The second-order valence-electron chi connectivity index (χ2n) is 2.40. The maximum atomic E-state index is 10.8. The summed E-state index contributed by atoms with van der Waals surface area (Å²) in [7, 11) is 0. The Hall–Kier alpha value is -0.570. The summed E-state index contributed by atoms with van der Waals surface area (Å²) in [6.45, 7) is 3.73. The first kappa shape index (κ1) is 9.43. The molecule has 0 rings (SSSR count). The Morgan fingerprint density at radius 2 is 2.30 bits per heavy atom. The highest BCUT2D eigenvalue weighted by molar-refractivity contribution is 5.76. The van der Waals surface area contributed by atoms with Crippen molar-refractivity contribution < 1.29 is 9.90 Å². The second kappa shape index (κ2) is 5.23. The van der Waals surface area contributed by atoms with Crippen molar-refractivity contribution in [2.45, 2.75) is 32.7 Å². The smallest absolute Gasteiger partial charge is 0.220 e. The normalized spacial score (nSPS) is 12.7. The standard InChI is InChI=1S/C7H15NO2/c1-3-4-7(10)8-6(2)5-9/h6,9H,3-5H2,1-2H3,(H,8,10)/t6-/m0/s1. The fourth-order valence-corrected chi connectivity index (χ4v) is 0.620. The third-order valence-electron chi connectivity index (χ3n) is 1.16. The van der Waals surface area contributed by atoms with E-state index in [1.54, 1.807) is 6.92 Å². The molecule has 10 heavy (non-hydrogen) atoms. The summed E-state index contributed by atoms with van der Waals surface area (Å²) in [6.07, 6.45) is 1.40. The van der Waals surface area contributed by atoms with Gasteiger partial charge < -0.3 is 10.4 Å². The predicted octanol–water partition coefficient (Wildman–Crippen LogP) is 0.283. The molecule has 0 aromatic rings. The number of aliphatic hydroxyl groups excluding tert-OH is 1. The van der Waals surface area contributed by atoms with Gasteiger partial charge in [-0.25, -0.2) is 0 Å². The van der Waals surface area contributed by atoms with E-state index in [1.165, 1.54) is 0 Å². The van der Waals surface area contributed by atoms with E-state index in [2.05, 4.69) is 5.32 Å². The third kappa shape index (κ3) is 4.32. The molecule has 0 saturated heterocycles. The lowest BCUT2D eigenvalue weighted by Crippen LogP contribution is -2.34. The van der Waals surface area contributed by atoms with Crippen molar-refractivity contribution in [3.63, 3.8) is 0 Å². The molecule has 0 aromatic heterocycles. The molecule has 0 radical (unpaired) electrons. The Balaban J connectivity index is 3.37. The summed E-state index contributed by atoms with van der Waals surface area (Å²) in [4.78, 5) is 10.8. The molecule has 0 fully saturated rings. The van der Waals surface area contributed by atoms with Crippen LogP contribution in [0, 0.1) is 0 Å². The molecule has 3 nitrogen and oxygen atoms in total. The van der Waals surface area contributed by atoms with Crippen LogP contribution >= 0.6 is 0 Å². The zero-order valence-electron chi connectivity index (χ0n) is 6.55. The van der Waals surface area contributed by atoms with Crippen molar-refractivity contribution in [3.8, 4) is 0 Å². The largest absolute Gasteiger partial charge is 0.394 e. The summed E-state index contributed by atoms with van der Waals surface area (Å²) in [5, 5.41) is 11.2. The Kier molecular flexibility index (Phi) is 4.94. The molecule has 0 unspecified atom stereocenters. The molecule has 0 spiro atoms. The van der Waals surface area contributed by atoms with Gasteiger partial charge in [-0.3, -0.25) is 4.79 Å². The van der Waals surface area contributed by atoms with E-state index < -0.39 is 0 Å². The van der Waals surface area contributed by atoms with Crippen molar-refractivity contribution in [1.29, 1.82) is 0 Å². The molecule has 60 valence electrons. The average Bonchev–Trinajstić information content (AvgIpc) is 1.88. The van der Waals surface area contributed by atoms with Gasteiger partial charge in [-0.15, -0.1) is 0 Å². The number of hydrogen-bond acceptors (Lipinski definition) is 2. The third-order valence-corrected chi connectivity index (χ3v) is 1.16. The Morgan fingerprint density at radius 3 is 2.70 bits per heavy atom. The topological polar surface area (TPSA) is 49.3 Å². The van der Waals surface area contributed by atoms with Gasteiger partial charge in [0, 0.05) is 12.5 Å². The number of hydrogen-bond donors (Lipinski definition) is 2. The fourth-order valence-electron chi connectivity index (χ4n) is 0.620.